The van der Waals surface area contributed by atoms with Gasteiger partial charge in [-0.15, -0.1) is 0 Å². The Hall–Kier alpha value is -0.100. The van der Waals surface area contributed by atoms with E-state index in [-0.39, 0.29) is 5.60 Å². The number of ether oxygens (including phenoxy) is 2. The standard InChI is InChI=1S/C13H19Br2NO2/c1-13(2,18-4)8-16-7-9-5-10(14)6-11(15)12(9)17-3/h5-6,16H,7-8H2,1-4H3. The van der Waals surface area contributed by atoms with Crippen LogP contribution < -0.4 is 10.1 Å². The van der Waals surface area contributed by atoms with E-state index in [9.17, 15) is 0 Å². The molecule has 0 amide bonds. The molecule has 0 bridgehead atoms. The van der Waals surface area contributed by atoms with Crippen LogP contribution in [0.2, 0.25) is 0 Å². The quantitative estimate of drug-likeness (QED) is 0.815. The van der Waals surface area contributed by atoms with Crippen molar-refractivity contribution >= 4 is 31.9 Å². The number of hydrogen-bond acceptors (Lipinski definition) is 3. The van der Waals surface area contributed by atoms with Gasteiger partial charge >= 0.3 is 0 Å². The smallest absolute Gasteiger partial charge is 0.137 e. The molecule has 3 nitrogen and oxygen atoms in total. The molecule has 0 saturated heterocycles. The number of nitrogens with one attached hydrogen (secondary N) is 1. The molecule has 0 radical (unpaired) electrons. The summed E-state index contributed by atoms with van der Waals surface area (Å²) in [5.74, 6) is 0.862. The third kappa shape index (κ3) is 4.53. The zero-order valence-electron chi connectivity index (χ0n) is 11.1. The van der Waals surface area contributed by atoms with Gasteiger partial charge in [0.1, 0.15) is 5.75 Å². The van der Waals surface area contributed by atoms with Crippen LogP contribution in [0.3, 0.4) is 0 Å². The lowest BCUT2D eigenvalue weighted by atomic mass is 10.1. The minimum Gasteiger partial charge on any atom is -0.495 e. The molecular weight excluding hydrogens is 362 g/mol. The molecule has 0 aliphatic carbocycles. The van der Waals surface area contributed by atoms with Crippen LogP contribution in [-0.2, 0) is 11.3 Å². The van der Waals surface area contributed by atoms with E-state index in [1.807, 2.05) is 19.9 Å². The Morgan fingerprint density at radius 2 is 1.89 bits per heavy atom. The number of benzene rings is 1. The average Bonchev–Trinajstić information content (AvgIpc) is 2.28. The van der Waals surface area contributed by atoms with Gasteiger partial charge in [0.05, 0.1) is 17.2 Å². The van der Waals surface area contributed by atoms with Gasteiger partial charge in [-0.05, 0) is 41.9 Å². The fraction of sp³-hybridized carbons (Fsp3) is 0.538. The van der Waals surface area contributed by atoms with Crippen molar-refractivity contribution in [2.24, 2.45) is 0 Å². The second kappa shape index (κ2) is 6.89. The average molecular weight is 381 g/mol. The van der Waals surface area contributed by atoms with Crippen LogP contribution in [0.25, 0.3) is 0 Å². The van der Waals surface area contributed by atoms with Crippen molar-refractivity contribution in [3.8, 4) is 5.75 Å². The van der Waals surface area contributed by atoms with E-state index in [0.29, 0.717) is 0 Å². The first-order chi connectivity index (χ1) is 8.39. The normalized spacial score (nSPS) is 11.7. The molecule has 18 heavy (non-hydrogen) atoms. The fourth-order valence-electron chi connectivity index (χ4n) is 1.54. The van der Waals surface area contributed by atoms with Gasteiger partial charge in [0.15, 0.2) is 0 Å². The Morgan fingerprint density at radius 3 is 2.44 bits per heavy atom. The number of rotatable bonds is 6. The first-order valence-corrected chi connectivity index (χ1v) is 7.26. The molecule has 0 fully saturated rings. The van der Waals surface area contributed by atoms with Gasteiger partial charge in [-0.25, -0.2) is 0 Å². The first-order valence-electron chi connectivity index (χ1n) is 5.67. The van der Waals surface area contributed by atoms with Crippen molar-refractivity contribution in [2.75, 3.05) is 20.8 Å². The van der Waals surface area contributed by atoms with Gasteiger partial charge in [0, 0.05) is 30.2 Å². The highest BCUT2D eigenvalue weighted by molar-refractivity contribution is 9.11. The SMILES string of the molecule is COc1c(Br)cc(Br)cc1CNCC(C)(C)OC. The summed E-state index contributed by atoms with van der Waals surface area (Å²) < 4.78 is 12.7. The largest absolute Gasteiger partial charge is 0.495 e. The Labute approximate surface area is 125 Å². The van der Waals surface area contributed by atoms with Crippen LogP contribution in [0.4, 0.5) is 0 Å². The minimum atomic E-state index is -0.170. The van der Waals surface area contributed by atoms with Crippen LogP contribution in [0.5, 0.6) is 5.75 Å². The number of methoxy groups -OCH3 is 2. The highest BCUT2D eigenvalue weighted by Gasteiger charge is 2.16. The molecule has 1 aromatic rings. The second-order valence-corrected chi connectivity index (χ2v) is 6.42. The summed E-state index contributed by atoms with van der Waals surface area (Å²) in [5.41, 5.74) is 0.932. The molecule has 0 heterocycles. The predicted molar refractivity (Wildman–Crippen MR) is 81.2 cm³/mol. The van der Waals surface area contributed by atoms with E-state index < -0.39 is 0 Å². The summed E-state index contributed by atoms with van der Waals surface area (Å²) >= 11 is 6.98. The van der Waals surface area contributed by atoms with Gasteiger partial charge in [-0.2, -0.15) is 0 Å². The lowest BCUT2D eigenvalue weighted by Crippen LogP contribution is -2.36. The van der Waals surface area contributed by atoms with E-state index in [4.69, 9.17) is 9.47 Å². The summed E-state index contributed by atoms with van der Waals surface area (Å²) in [6.45, 7) is 5.60. The molecule has 0 spiro atoms. The summed E-state index contributed by atoms with van der Waals surface area (Å²) in [6.07, 6.45) is 0. The van der Waals surface area contributed by atoms with Crippen molar-refractivity contribution in [3.63, 3.8) is 0 Å². The summed E-state index contributed by atoms with van der Waals surface area (Å²) in [6, 6.07) is 4.03. The Balaban J connectivity index is 2.73. The second-order valence-electron chi connectivity index (χ2n) is 4.65. The summed E-state index contributed by atoms with van der Waals surface area (Å²) in [7, 11) is 3.40. The van der Waals surface area contributed by atoms with E-state index in [2.05, 4.69) is 43.2 Å². The fourth-order valence-corrected chi connectivity index (χ4v) is 3.02. The molecule has 0 unspecified atom stereocenters. The Bertz CT molecular complexity index is 408. The molecule has 1 N–H and O–H groups in total. The maximum absolute atomic E-state index is 5.40. The zero-order valence-corrected chi connectivity index (χ0v) is 14.3. The molecule has 1 rings (SSSR count). The number of hydrogen-bond donors (Lipinski definition) is 1. The third-order valence-electron chi connectivity index (χ3n) is 2.71. The molecule has 0 saturated carbocycles. The predicted octanol–water partition coefficient (Wildman–Crippen LogP) is 3.73. The van der Waals surface area contributed by atoms with Gasteiger partial charge in [0.25, 0.3) is 0 Å². The summed E-state index contributed by atoms with van der Waals surface area (Å²) in [4.78, 5) is 0. The van der Waals surface area contributed by atoms with Crippen LogP contribution in [0, 0.1) is 0 Å². The van der Waals surface area contributed by atoms with Gasteiger partial charge in [-0.1, -0.05) is 15.9 Å². The minimum absolute atomic E-state index is 0.170. The third-order valence-corrected chi connectivity index (χ3v) is 3.76. The van der Waals surface area contributed by atoms with Crippen molar-refractivity contribution in [1.29, 1.82) is 0 Å². The topological polar surface area (TPSA) is 30.5 Å². The van der Waals surface area contributed by atoms with Crippen molar-refractivity contribution in [1.82, 2.24) is 5.32 Å². The van der Waals surface area contributed by atoms with Crippen molar-refractivity contribution in [2.45, 2.75) is 26.0 Å². The molecule has 0 aliphatic heterocycles. The van der Waals surface area contributed by atoms with Crippen molar-refractivity contribution in [3.05, 3.63) is 26.6 Å². The van der Waals surface area contributed by atoms with E-state index in [1.165, 1.54) is 0 Å². The summed E-state index contributed by atoms with van der Waals surface area (Å²) in [5, 5.41) is 3.38. The Kier molecular flexibility index (Phi) is 6.11. The number of halogens is 2. The molecule has 0 atom stereocenters. The van der Waals surface area contributed by atoms with Crippen LogP contribution in [-0.4, -0.2) is 26.4 Å². The highest BCUT2D eigenvalue weighted by atomic mass is 79.9. The zero-order chi connectivity index (χ0) is 13.8. The van der Waals surface area contributed by atoms with Crippen LogP contribution >= 0.6 is 31.9 Å². The highest BCUT2D eigenvalue weighted by Crippen LogP contribution is 2.32. The first kappa shape index (κ1) is 16.0. The molecule has 1 aromatic carbocycles. The van der Waals surface area contributed by atoms with E-state index in [1.54, 1.807) is 14.2 Å². The van der Waals surface area contributed by atoms with Crippen LogP contribution in [0.1, 0.15) is 19.4 Å². The van der Waals surface area contributed by atoms with Gasteiger partial charge < -0.3 is 14.8 Å². The molecule has 5 heteroatoms. The molecule has 0 aromatic heterocycles. The molecule has 102 valence electrons. The lowest BCUT2D eigenvalue weighted by Gasteiger charge is -2.23. The van der Waals surface area contributed by atoms with Crippen molar-refractivity contribution < 1.29 is 9.47 Å². The monoisotopic (exact) mass is 379 g/mol. The van der Waals surface area contributed by atoms with Crippen LogP contribution in [0.15, 0.2) is 21.1 Å². The maximum Gasteiger partial charge on any atom is 0.137 e. The van der Waals surface area contributed by atoms with Gasteiger partial charge in [-0.3, -0.25) is 0 Å². The maximum atomic E-state index is 5.40. The van der Waals surface area contributed by atoms with E-state index >= 15 is 0 Å². The lowest BCUT2D eigenvalue weighted by molar-refractivity contribution is 0.0230. The van der Waals surface area contributed by atoms with Gasteiger partial charge in [0.2, 0.25) is 0 Å². The van der Waals surface area contributed by atoms with E-state index in [0.717, 1.165) is 33.3 Å². The Morgan fingerprint density at radius 1 is 1.22 bits per heavy atom. The molecular formula is C13H19Br2NO2. The molecule has 0 aliphatic rings.